The molecule has 1 aliphatic rings. The summed E-state index contributed by atoms with van der Waals surface area (Å²) in [5.41, 5.74) is 2.71. The van der Waals surface area contributed by atoms with Gasteiger partial charge in [0.1, 0.15) is 5.01 Å². The minimum absolute atomic E-state index is 0.227. The molecule has 0 bridgehead atoms. The number of nitrogens with one attached hydrogen (secondary N) is 1. The average molecular weight is 356 g/mol. The zero-order valence-electron chi connectivity index (χ0n) is 14.1. The number of benzene rings is 1. The monoisotopic (exact) mass is 356 g/mol. The fraction of sp³-hybridized carbons (Fsp3) is 0.316. The zero-order chi connectivity index (χ0) is 18.0. The van der Waals surface area contributed by atoms with Gasteiger partial charge in [-0.25, -0.2) is 4.98 Å². The summed E-state index contributed by atoms with van der Waals surface area (Å²) in [4.78, 5) is 27.5. The third-order valence-corrected chi connectivity index (χ3v) is 4.98. The molecular weight excluding hydrogens is 336 g/mol. The van der Waals surface area contributed by atoms with Crippen molar-refractivity contribution >= 4 is 41.1 Å². The van der Waals surface area contributed by atoms with Crippen molar-refractivity contribution in [3.63, 3.8) is 0 Å². The van der Waals surface area contributed by atoms with Gasteiger partial charge >= 0.3 is 5.97 Å². The normalized spacial score (nSPS) is 19.3. The summed E-state index contributed by atoms with van der Waals surface area (Å²) in [5.74, 6) is -1.67. The Balaban J connectivity index is 1.64. The summed E-state index contributed by atoms with van der Waals surface area (Å²) >= 11 is 1.60. The Bertz CT molecular complexity index is 826. The first kappa shape index (κ1) is 17.4. The van der Waals surface area contributed by atoms with Crippen LogP contribution in [0.1, 0.15) is 42.5 Å². The Morgan fingerprint density at radius 3 is 2.76 bits per heavy atom. The highest BCUT2D eigenvalue weighted by Gasteiger charge is 2.48. The first-order valence-electron chi connectivity index (χ1n) is 8.21. The number of carboxylic acids is 1. The summed E-state index contributed by atoms with van der Waals surface area (Å²) in [6.07, 6.45) is 4.33. The van der Waals surface area contributed by atoms with Crippen molar-refractivity contribution in [2.24, 2.45) is 11.8 Å². The van der Waals surface area contributed by atoms with Crippen molar-refractivity contribution in [1.29, 1.82) is 0 Å². The molecule has 130 valence electrons. The minimum Gasteiger partial charge on any atom is -0.481 e. The van der Waals surface area contributed by atoms with Gasteiger partial charge in [0, 0.05) is 11.1 Å². The van der Waals surface area contributed by atoms with Gasteiger partial charge in [-0.05, 0) is 36.1 Å². The number of carbonyl (C=O) groups excluding carboxylic acids is 1. The van der Waals surface area contributed by atoms with Gasteiger partial charge in [-0.15, -0.1) is 11.3 Å². The molecule has 0 spiro atoms. The highest BCUT2D eigenvalue weighted by molar-refractivity contribution is 7.10. The van der Waals surface area contributed by atoms with Crippen LogP contribution in [0.15, 0.2) is 29.6 Å². The number of thiazole rings is 1. The van der Waals surface area contributed by atoms with E-state index in [1.807, 2.05) is 30.4 Å². The van der Waals surface area contributed by atoms with Crippen LogP contribution < -0.4 is 5.32 Å². The summed E-state index contributed by atoms with van der Waals surface area (Å²) in [5, 5.41) is 14.7. The number of carbonyl (C=O) groups is 2. The molecule has 1 heterocycles. The van der Waals surface area contributed by atoms with Crippen molar-refractivity contribution in [3.8, 4) is 0 Å². The molecule has 2 N–H and O–H groups in total. The van der Waals surface area contributed by atoms with Crippen LogP contribution in [-0.4, -0.2) is 22.0 Å². The molecule has 3 rings (SSSR count). The van der Waals surface area contributed by atoms with Crippen LogP contribution in [0.3, 0.4) is 0 Å². The lowest BCUT2D eigenvalue weighted by atomic mass is 10.1. The van der Waals surface area contributed by atoms with Crippen molar-refractivity contribution in [1.82, 2.24) is 4.98 Å². The SMILES string of the molecule is CC(C)c1csc(/C=C/c2cccc(NC(=O)[C@@H]3C[C@@H]3C(=O)O)c2)n1. The average Bonchev–Trinajstić information content (AvgIpc) is 3.24. The van der Waals surface area contributed by atoms with Gasteiger partial charge < -0.3 is 10.4 Å². The highest BCUT2D eigenvalue weighted by atomic mass is 32.1. The minimum atomic E-state index is -0.902. The van der Waals surface area contributed by atoms with Gasteiger partial charge in [-0.3, -0.25) is 9.59 Å². The van der Waals surface area contributed by atoms with E-state index in [-0.39, 0.29) is 5.91 Å². The van der Waals surface area contributed by atoms with Crippen LogP contribution in [0, 0.1) is 11.8 Å². The molecule has 1 aromatic carbocycles. The third kappa shape index (κ3) is 4.33. The van der Waals surface area contributed by atoms with Crippen molar-refractivity contribution in [3.05, 3.63) is 45.9 Å². The van der Waals surface area contributed by atoms with E-state index >= 15 is 0 Å². The lowest BCUT2D eigenvalue weighted by Gasteiger charge is -2.05. The van der Waals surface area contributed by atoms with Crippen LogP contribution >= 0.6 is 11.3 Å². The van der Waals surface area contributed by atoms with Gasteiger partial charge in [0.25, 0.3) is 0 Å². The summed E-state index contributed by atoms with van der Waals surface area (Å²) in [6, 6.07) is 7.47. The van der Waals surface area contributed by atoms with E-state index in [9.17, 15) is 9.59 Å². The molecule has 1 fully saturated rings. The molecule has 1 aliphatic carbocycles. The largest absolute Gasteiger partial charge is 0.481 e. The second-order valence-corrected chi connectivity index (χ2v) is 7.39. The Kier molecular flexibility index (Phi) is 4.99. The first-order valence-corrected chi connectivity index (χ1v) is 9.09. The molecule has 0 saturated heterocycles. The maximum atomic E-state index is 12.0. The van der Waals surface area contributed by atoms with Crippen molar-refractivity contribution in [2.45, 2.75) is 26.2 Å². The molecule has 1 amide bonds. The fourth-order valence-electron chi connectivity index (χ4n) is 2.52. The number of aliphatic carboxylic acids is 1. The van der Waals surface area contributed by atoms with E-state index in [0.717, 1.165) is 16.3 Å². The fourth-order valence-corrected chi connectivity index (χ4v) is 3.39. The quantitative estimate of drug-likeness (QED) is 0.817. The number of hydrogen-bond donors (Lipinski definition) is 2. The van der Waals surface area contributed by atoms with E-state index in [1.165, 1.54) is 0 Å². The molecule has 0 radical (unpaired) electrons. The molecular formula is C19H20N2O3S. The van der Waals surface area contributed by atoms with E-state index in [4.69, 9.17) is 5.11 Å². The standard InChI is InChI=1S/C19H20N2O3S/c1-11(2)16-10-25-17(21-16)7-6-12-4-3-5-13(8-12)20-18(22)14-9-15(14)19(23)24/h3-8,10-11,14-15H,9H2,1-2H3,(H,20,22)(H,23,24)/b7-6+/t14-,15+/m1/s1. The Labute approximate surface area is 150 Å². The smallest absolute Gasteiger partial charge is 0.307 e. The number of carboxylic acid groups (broad SMARTS) is 1. The van der Waals surface area contributed by atoms with Gasteiger partial charge in [0.15, 0.2) is 0 Å². The first-order chi connectivity index (χ1) is 11.9. The van der Waals surface area contributed by atoms with Crippen LogP contribution in [-0.2, 0) is 9.59 Å². The molecule has 0 aliphatic heterocycles. The van der Waals surface area contributed by atoms with Gasteiger partial charge in [-0.1, -0.05) is 32.1 Å². The number of rotatable bonds is 6. The molecule has 0 unspecified atom stereocenters. The second-order valence-electron chi connectivity index (χ2n) is 6.50. The molecule has 1 saturated carbocycles. The van der Waals surface area contributed by atoms with Gasteiger partial charge in [0.2, 0.25) is 5.91 Å². The van der Waals surface area contributed by atoms with E-state index in [0.29, 0.717) is 18.0 Å². The Hall–Kier alpha value is -2.47. The predicted octanol–water partition coefficient (Wildman–Crippen LogP) is 4.10. The van der Waals surface area contributed by atoms with Crippen LogP contribution in [0.4, 0.5) is 5.69 Å². The molecule has 5 nitrogen and oxygen atoms in total. The summed E-state index contributed by atoms with van der Waals surface area (Å²) < 4.78 is 0. The number of amides is 1. The summed E-state index contributed by atoms with van der Waals surface area (Å²) in [7, 11) is 0. The van der Waals surface area contributed by atoms with Gasteiger partial charge in [-0.2, -0.15) is 0 Å². The van der Waals surface area contributed by atoms with E-state index < -0.39 is 17.8 Å². The zero-order valence-corrected chi connectivity index (χ0v) is 14.9. The third-order valence-electron chi connectivity index (χ3n) is 4.15. The molecule has 1 aromatic heterocycles. The van der Waals surface area contributed by atoms with Crippen LogP contribution in [0.5, 0.6) is 0 Å². The number of aromatic nitrogens is 1. The molecule has 2 atom stereocenters. The lowest BCUT2D eigenvalue weighted by molar-refractivity contribution is -0.139. The van der Waals surface area contributed by atoms with E-state index in [1.54, 1.807) is 17.4 Å². The predicted molar refractivity (Wildman–Crippen MR) is 99.4 cm³/mol. The molecule has 6 heteroatoms. The van der Waals surface area contributed by atoms with Gasteiger partial charge in [0.05, 0.1) is 17.5 Å². The highest BCUT2D eigenvalue weighted by Crippen LogP contribution is 2.39. The Morgan fingerprint density at radius 1 is 1.32 bits per heavy atom. The summed E-state index contributed by atoms with van der Waals surface area (Å²) in [6.45, 7) is 4.23. The van der Waals surface area contributed by atoms with Crippen LogP contribution in [0.2, 0.25) is 0 Å². The number of anilines is 1. The molecule has 2 aromatic rings. The van der Waals surface area contributed by atoms with Crippen molar-refractivity contribution in [2.75, 3.05) is 5.32 Å². The maximum Gasteiger partial charge on any atom is 0.307 e. The number of nitrogens with zero attached hydrogens (tertiary/aromatic N) is 1. The maximum absolute atomic E-state index is 12.0. The number of hydrogen-bond acceptors (Lipinski definition) is 4. The second kappa shape index (κ2) is 7.19. The topological polar surface area (TPSA) is 79.3 Å². The van der Waals surface area contributed by atoms with Crippen molar-refractivity contribution < 1.29 is 14.7 Å². The van der Waals surface area contributed by atoms with Crippen LogP contribution in [0.25, 0.3) is 12.2 Å². The van der Waals surface area contributed by atoms with E-state index in [2.05, 4.69) is 29.5 Å². The molecule has 25 heavy (non-hydrogen) atoms. The Morgan fingerprint density at radius 2 is 2.12 bits per heavy atom. The lowest BCUT2D eigenvalue weighted by Crippen LogP contribution is -2.16.